The minimum absolute atomic E-state index is 0.0394. The Bertz CT molecular complexity index is 1820. The van der Waals surface area contributed by atoms with E-state index in [1.165, 1.54) is 25.5 Å². The Labute approximate surface area is 265 Å². The molecule has 0 aliphatic heterocycles. The molecule has 0 unspecified atom stereocenters. The van der Waals surface area contributed by atoms with Gasteiger partial charge in [-0.05, 0) is 73.2 Å². The number of benzene rings is 3. The molecule has 1 aromatic heterocycles. The number of carbonyl (C=O) groups is 1. The van der Waals surface area contributed by atoms with Crippen molar-refractivity contribution in [2.75, 3.05) is 14.2 Å². The lowest BCUT2D eigenvalue weighted by atomic mass is 9.82. The molecule has 4 aromatic rings. The molecule has 0 atom stereocenters. The third-order valence-corrected chi connectivity index (χ3v) is 9.60. The molecule has 1 aliphatic rings. The molecular weight excluding hydrogens is 646 g/mol. The average Bonchev–Trinajstić information content (AvgIpc) is 2.98. The zero-order chi connectivity index (χ0) is 31.6. The van der Waals surface area contributed by atoms with Crippen molar-refractivity contribution in [1.29, 1.82) is 0 Å². The van der Waals surface area contributed by atoms with Gasteiger partial charge in [0.25, 0.3) is 10.0 Å². The van der Waals surface area contributed by atoms with E-state index >= 15 is 0 Å². The van der Waals surface area contributed by atoms with E-state index in [9.17, 15) is 13.2 Å². The summed E-state index contributed by atoms with van der Waals surface area (Å²) in [4.78, 5) is 19.3. The quantitative estimate of drug-likeness (QED) is 0.112. The van der Waals surface area contributed by atoms with E-state index < -0.39 is 10.0 Å². The fraction of sp³-hybridized carbons (Fsp3) is 0.303. The van der Waals surface area contributed by atoms with Crippen molar-refractivity contribution >= 4 is 49.0 Å². The van der Waals surface area contributed by atoms with Crippen molar-refractivity contribution in [3.63, 3.8) is 0 Å². The number of fused-ring (bicyclic) bond motifs is 1. The number of methoxy groups -OCH3 is 2. The van der Waals surface area contributed by atoms with Crippen LogP contribution in [-0.4, -0.2) is 45.9 Å². The van der Waals surface area contributed by atoms with Gasteiger partial charge in [0.15, 0.2) is 0 Å². The molecule has 1 aliphatic carbocycles. The topological polar surface area (TPSA) is 116 Å². The summed E-state index contributed by atoms with van der Waals surface area (Å²) >= 11 is 3.61. The predicted octanol–water partition coefficient (Wildman–Crippen LogP) is 6.75. The molecule has 1 fully saturated rings. The SMILES string of the molecule is COC(=O)C1CC(Oc2nc3cc(Br)c(/C=N/NS(=O)(=O)c4ccc(C)cc4)cc3c(-c3ccc(OC)cc3)c2C(C)C)C1. The molecule has 5 rings (SSSR count). The number of ether oxygens (including phenoxy) is 3. The number of hydrazone groups is 1. The van der Waals surface area contributed by atoms with E-state index in [0.29, 0.717) is 34.3 Å². The molecule has 44 heavy (non-hydrogen) atoms. The summed E-state index contributed by atoms with van der Waals surface area (Å²) < 4.78 is 43.0. The second-order valence-corrected chi connectivity index (χ2v) is 13.6. The minimum Gasteiger partial charge on any atom is -0.497 e. The number of carbonyl (C=O) groups excluding carboxylic acids is 1. The van der Waals surface area contributed by atoms with Gasteiger partial charge >= 0.3 is 5.97 Å². The van der Waals surface area contributed by atoms with Crippen LogP contribution < -0.4 is 14.3 Å². The highest BCUT2D eigenvalue weighted by Gasteiger charge is 2.38. The molecule has 1 heterocycles. The van der Waals surface area contributed by atoms with Crippen LogP contribution in [-0.2, 0) is 19.6 Å². The maximum atomic E-state index is 12.8. The van der Waals surface area contributed by atoms with E-state index in [1.54, 1.807) is 19.2 Å². The maximum absolute atomic E-state index is 12.8. The van der Waals surface area contributed by atoms with Gasteiger partial charge in [-0.1, -0.05) is 59.6 Å². The van der Waals surface area contributed by atoms with Gasteiger partial charge in [-0.15, -0.1) is 0 Å². The highest BCUT2D eigenvalue weighted by atomic mass is 79.9. The number of hydrogen-bond donors (Lipinski definition) is 1. The van der Waals surface area contributed by atoms with Crippen LogP contribution in [0.3, 0.4) is 0 Å². The summed E-state index contributed by atoms with van der Waals surface area (Å²) in [5.74, 6) is 0.893. The van der Waals surface area contributed by atoms with Gasteiger partial charge in [0.05, 0.1) is 36.8 Å². The van der Waals surface area contributed by atoms with Gasteiger partial charge in [-0.2, -0.15) is 13.5 Å². The number of nitrogens with one attached hydrogen (secondary N) is 1. The Morgan fingerprint density at radius 1 is 1.07 bits per heavy atom. The molecule has 0 saturated heterocycles. The summed E-state index contributed by atoms with van der Waals surface area (Å²) in [6.45, 7) is 6.06. The largest absolute Gasteiger partial charge is 0.497 e. The molecule has 0 radical (unpaired) electrons. The zero-order valence-corrected chi connectivity index (χ0v) is 27.5. The molecule has 0 spiro atoms. The first kappa shape index (κ1) is 31.5. The van der Waals surface area contributed by atoms with E-state index in [1.807, 2.05) is 43.3 Å². The van der Waals surface area contributed by atoms with Crippen LogP contribution in [0.5, 0.6) is 11.6 Å². The molecule has 9 nitrogen and oxygen atoms in total. The van der Waals surface area contributed by atoms with Crippen molar-refractivity contribution < 1.29 is 27.4 Å². The number of aromatic nitrogens is 1. The number of hydrogen-bond acceptors (Lipinski definition) is 8. The summed E-state index contributed by atoms with van der Waals surface area (Å²) in [7, 11) is -0.815. The molecule has 11 heteroatoms. The number of aryl methyl sites for hydroxylation is 1. The summed E-state index contributed by atoms with van der Waals surface area (Å²) in [6, 6.07) is 18.1. The Morgan fingerprint density at radius 2 is 1.75 bits per heavy atom. The van der Waals surface area contributed by atoms with Gasteiger partial charge in [-0.25, -0.2) is 9.82 Å². The van der Waals surface area contributed by atoms with Gasteiger partial charge in [-0.3, -0.25) is 4.79 Å². The normalized spacial score (nSPS) is 16.6. The molecule has 1 saturated carbocycles. The monoisotopic (exact) mass is 679 g/mol. The van der Waals surface area contributed by atoms with Crippen LogP contribution in [0, 0.1) is 12.8 Å². The van der Waals surface area contributed by atoms with Crippen LogP contribution >= 0.6 is 15.9 Å². The van der Waals surface area contributed by atoms with Crippen molar-refractivity contribution in [3.8, 4) is 22.8 Å². The van der Waals surface area contributed by atoms with Crippen LogP contribution in [0.2, 0.25) is 0 Å². The molecule has 0 amide bonds. The fourth-order valence-corrected chi connectivity index (χ4v) is 6.43. The zero-order valence-electron chi connectivity index (χ0n) is 25.1. The van der Waals surface area contributed by atoms with Crippen LogP contribution in [0.1, 0.15) is 49.3 Å². The lowest BCUT2D eigenvalue weighted by Crippen LogP contribution is -2.39. The lowest BCUT2D eigenvalue weighted by Gasteiger charge is -2.34. The van der Waals surface area contributed by atoms with Gasteiger partial charge in [0.1, 0.15) is 11.9 Å². The van der Waals surface area contributed by atoms with Gasteiger partial charge < -0.3 is 14.2 Å². The lowest BCUT2D eigenvalue weighted by molar-refractivity contribution is -0.151. The molecule has 230 valence electrons. The number of pyridine rings is 1. The third-order valence-electron chi connectivity index (χ3n) is 7.68. The van der Waals surface area contributed by atoms with Gasteiger partial charge in [0.2, 0.25) is 5.88 Å². The van der Waals surface area contributed by atoms with Crippen LogP contribution in [0.25, 0.3) is 22.0 Å². The smallest absolute Gasteiger partial charge is 0.308 e. The average molecular weight is 681 g/mol. The Kier molecular flexibility index (Phi) is 9.26. The highest BCUT2D eigenvalue weighted by Crippen LogP contribution is 2.43. The standard InChI is InChI=1S/C33H34BrN3O6S/c1-19(2)30-31(21-8-10-24(41-4)11-9-21)27-16-23(18-35-37-44(39,40)26-12-6-20(3)7-13-26)28(34)17-29(27)36-32(30)43-25-14-22(15-25)33(38)42-5/h6-13,16-19,22,25,37H,14-15H2,1-5H3/b35-18+. The highest BCUT2D eigenvalue weighted by molar-refractivity contribution is 9.10. The summed E-state index contributed by atoms with van der Waals surface area (Å²) in [5, 5.41) is 4.92. The van der Waals surface area contributed by atoms with Crippen molar-refractivity contribution in [1.82, 2.24) is 9.82 Å². The number of halogens is 1. The number of rotatable bonds is 10. The minimum atomic E-state index is -3.84. The molecule has 3 aromatic carbocycles. The molecule has 0 bridgehead atoms. The second-order valence-electron chi connectivity index (χ2n) is 11.1. The van der Waals surface area contributed by atoms with Crippen molar-refractivity contribution in [3.05, 3.63) is 81.8 Å². The maximum Gasteiger partial charge on any atom is 0.308 e. The number of sulfonamides is 1. The summed E-state index contributed by atoms with van der Waals surface area (Å²) in [6.07, 6.45) is 2.45. The molecule has 1 N–H and O–H groups in total. The van der Waals surface area contributed by atoms with Gasteiger partial charge in [0, 0.05) is 21.0 Å². The Morgan fingerprint density at radius 3 is 2.36 bits per heavy atom. The van der Waals surface area contributed by atoms with Crippen molar-refractivity contribution in [2.45, 2.75) is 50.5 Å². The van der Waals surface area contributed by atoms with Crippen LogP contribution in [0.15, 0.2) is 75.1 Å². The van der Waals surface area contributed by atoms with E-state index in [2.05, 4.69) is 39.7 Å². The van der Waals surface area contributed by atoms with Crippen LogP contribution in [0.4, 0.5) is 0 Å². The second kappa shape index (κ2) is 13.0. The summed E-state index contributed by atoms with van der Waals surface area (Å²) in [5.41, 5.74) is 5.11. The predicted molar refractivity (Wildman–Crippen MR) is 174 cm³/mol. The Balaban J connectivity index is 1.57. The van der Waals surface area contributed by atoms with E-state index in [0.717, 1.165) is 33.4 Å². The first-order valence-electron chi connectivity index (χ1n) is 14.2. The van der Waals surface area contributed by atoms with E-state index in [-0.39, 0.29) is 28.8 Å². The number of esters is 1. The van der Waals surface area contributed by atoms with E-state index in [4.69, 9.17) is 19.2 Å². The fourth-order valence-electron chi connectivity index (χ4n) is 5.20. The molecular formula is C33H34BrN3O6S. The number of nitrogens with zero attached hydrogens (tertiary/aromatic N) is 2. The van der Waals surface area contributed by atoms with Crippen molar-refractivity contribution in [2.24, 2.45) is 11.0 Å². The first-order chi connectivity index (χ1) is 21.0. The Hall–Kier alpha value is -3.96. The first-order valence-corrected chi connectivity index (χ1v) is 16.5. The third kappa shape index (κ3) is 6.58.